The van der Waals surface area contributed by atoms with Crippen LogP contribution in [0.25, 0.3) is 0 Å². The van der Waals surface area contributed by atoms with Gasteiger partial charge < -0.3 is 14.8 Å². The van der Waals surface area contributed by atoms with Crippen LogP contribution >= 0.6 is 0 Å². The van der Waals surface area contributed by atoms with Gasteiger partial charge in [-0.2, -0.15) is 4.31 Å². The van der Waals surface area contributed by atoms with Gasteiger partial charge >= 0.3 is 5.97 Å². The molecule has 2 aliphatic carbocycles. The molecule has 1 N–H and O–H groups in total. The van der Waals surface area contributed by atoms with Crippen LogP contribution in [-0.2, 0) is 19.6 Å². The summed E-state index contributed by atoms with van der Waals surface area (Å²) in [6, 6.07) is 2.47. The molecule has 208 valence electrons. The van der Waals surface area contributed by atoms with Crippen LogP contribution in [-0.4, -0.2) is 68.0 Å². The Morgan fingerprint density at radius 3 is 2.65 bits per heavy atom. The zero-order valence-corrected chi connectivity index (χ0v) is 22.6. The molecule has 0 spiro atoms. The fourth-order valence-corrected chi connectivity index (χ4v) is 7.58. The minimum atomic E-state index is -4.01. The molecule has 1 aliphatic heterocycles. The number of pyridine rings is 1. The monoisotopic (exact) mass is 543 g/mol. The largest absolute Gasteiger partial charge is 0.473 e. The molecule has 1 aromatic rings. The topological polar surface area (TPSA) is 97.8 Å². The number of carbonyl (C=O) groups is 1. The van der Waals surface area contributed by atoms with Crippen molar-refractivity contribution < 1.29 is 31.5 Å². The molecule has 0 bridgehead atoms. The minimum Gasteiger partial charge on any atom is -0.473 e. The van der Waals surface area contributed by atoms with Crippen LogP contribution in [0.1, 0.15) is 76.3 Å². The summed E-state index contributed by atoms with van der Waals surface area (Å²) in [7, 11) is -2.75. The van der Waals surface area contributed by atoms with E-state index in [9.17, 15) is 22.0 Å². The van der Waals surface area contributed by atoms with Crippen molar-refractivity contribution in [1.82, 2.24) is 14.6 Å². The maximum Gasteiger partial charge on any atom is 0.324 e. The number of hydrogen-bond donors (Lipinski definition) is 1. The van der Waals surface area contributed by atoms with Crippen LogP contribution in [0.3, 0.4) is 0 Å². The average molecular weight is 544 g/mol. The summed E-state index contributed by atoms with van der Waals surface area (Å²) in [5, 5.41) is 3.42. The highest BCUT2D eigenvalue weighted by Crippen LogP contribution is 2.37. The Kier molecular flexibility index (Phi) is 9.06. The van der Waals surface area contributed by atoms with Crippen molar-refractivity contribution in [1.29, 1.82) is 0 Å². The first-order chi connectivity index (χ1) is 17.6. The van der Waals surface area contributed by atoms with Crippen molar-refractivity contribution in [3.63, 3.8) is 0 Å². The number of ether oxygens (including phenoxy) is 2. The molecule has 0 radical (unpaired) electrons. The Morgan fingerprint density at radius 2 is 1.92 bits per heavy atom. The third-order valence-corrected chi connectivity index (χ3v) is 9.90. The lowest BCUT2D eigenvalue weighted by atomic mass is 9.92. The maximum absolute atomic E-state index is 13.6. The number of nitrogens with zero attached hydrogens (tertiary/aromatic N) is 2. The van der Waals surface area contributed by atoms with E-state index >= 15 is 0 Å². The molecule has 37 heavy (non-hydrogen) atoms. The number of alkyl halides is 2. The highest BCUT2D eigenvalue weighted by atomic mass is 32.2. The Balaban J connectivity index is 1.38. The van der Waals surface area contributed by atoms with E-state index in [0.717, 1.165) is 38.6 Å². The molecule has 2 saturated carbocycles. The van der Waals surface area contributed by atoms with E-state index in [2.05, 4.69) is 10.3 Å². The molecular weight excluding hydrogens is 504 g/mol. The first kappa shape index (κ1) is 28.2. The third-order valence-electron chi connectivity index (χ3n) is 7.98. The second-order valence-electron chi connectivity index (χ2n) is 10.6. The Hall–Kier alpha value is -1.85. The zero-order chi connectivity index (χ0) is 26.6. The first-order valence-electron chi connectivity index (χ1n) is 13.5. The van der Waals surface area contributed by atoms with E-state index in [1.807, 2.05) is 0 Å². The van der Waals surface area contributed by atoms with Crippen molar-refractivity contribution in [2.24, 2.45) is 5.92 Å². The van der Waals surface area contributed by atoms with Gasteiger partial charge in [0.1, 0.15) is 17.0 Å². The zero-order valence-electron chi connectivity index (χ0n) is 21.8. The number of halogens is 2. The summed E-state index contributed by atoms with van der Waals surface area (Å²) < 4.78 is 66.3. The predicted octanol–water partition coefficient (Wildman–Crippen LogP) is 4.21. The van der Waals surface area contributed by atoms with Crippen LogP contribution in [0, 0.1) is 12.8 Å². The smallest absolute Gasteiger partial charge is 0.324 e. The summed E-state index contributed by atoms with van der Waals surface area (Å²) in [5.74, 6) is -2.72. The third kappa shape index (κ3) is 6.78. The molecule has 1 aromatic heterocycles. The highest BCUT2D eigenvalue weighted by molar-refractivity contribution is 7.89. The summed E-state index contributed by atoms with van der Waals surface area (Å²) in [4.78, 5) is 16.6. The lowest BCUT2D eigenvalue weighted by molar-refractivity contribution is -0.144. The maximum atomic E-state index is 13.6. The normalized spacial score (nSPS) is 26.9. The van der Waals surface area contributed by atoms with Gasteiger partial charge in [0.05, 0.1) is 7.11 Å². The molecule has 2 heterocycles. The Bertz CT molecular complexity index is 1040. The molecule has 0 aromatic carbocycles. The van der Waals surface area contributed by atoms with Crippen LogP contribution in [0.5, 0.6) is 5.88 Å². The number of hydrogen-bond acceptors (Lipinski definition) is 7. The SMILES string of the molecule is COC(=O)[C@@H]1CCCN1S(=O)(=O)c1ccc(C)nc1O[C@@H]1CCC[C@@H]1CCCNC1CCC(F)(F)CC1. The first-order valence-corrected chi connectivity index (χ1v) is 14.9. The van der Waals surface area contributed by atoms with E-state index in [1.54, 1.807) is 13.0 Å². The van der Waals surface area contributed by atoms with E-state index in [1.165, 1.54) is 17.5 Å². The Morgan fingerprint density at radius 1 is 1.16 bits per heavy atom. The summed E-state index contributed by atoms with van der Waals surface area (Å²) in [6.45, 7) is 2.80. The minimum absolute atomic E-state index is 0.0182. The van der Waals surface area contributed by atoms with E-state index in [4.69, 9.17) is 9.47 Å². The molecule has 4 rings (SSSR count). The van der Waals surface area contributed by atoms with Crippen molar-refractivity contribution in [3.05, 3.63) is 17.8 Å². The number of sulfonamides is 1. The standard InChI is InChI=1S/C26H39F2N3O5S/c1-18-10-11-23(37(33,34)31-17-5-8-21(31)25(32)35-2)24(30-18)36-22-9-3-6-19(22)7-4-16-29-20-12-14-26(27,28)15-13-20/h10-11,19-22,29H,3-9,12-17H2,1-2H3/t19-,21+,22-/m1/s1. The number of carbonyl (C=O) groups excluding carboxylic acids is 1. The van der Waals surface area contributed by atoms with E-state index in [-0.39, 0.29) is 48.2 Å². The summed E-state index contributed by atoms with van der Waals surface area (Å²) >= 11 is 0. The van der Waals surface area contributed by atoms with Crippen LogP contribution in [0.2, 0.25) is 0 Å². The van der Waals surface area contributed by atoms with Gasteiger partial charge in [-0.25, -0.2) is 22.2 Å². The molecule has 1 saturated heterocycles. The summed E-state index contributed by atoms with van der Waals surface area (Å²) in [6.07, 6.45) is 6.38. The van der Waals surface area contributed by atoms with Crippen LogP contribution in [0.15, 0.2) is 17.0 Å². The van der Waals surface area contributed by atoms with Gasteiger partial charge in [0.15, 0.2) is 0 Å². The summed E-state index contributed by atoms with van der Waals surface area (Å²) in [5.41, 5.74) is 0.650. The van der Waals surface area contributed by atoms with Gasteiger partial charge in [0, 0.05) is 31.1 Å². The second-order valence-corrected chi connectivity index (χ2v) is 12.5. The predicted molar refractivity (Wildman–Crippen MR) is 134 cm³/mol. The fourth-order valence-electron chi connectivity index (χ4n) is 5.87. The molecule has 0 amide bonds. The molecule has 3 atom stereocenters. The number of rotatable bonds is 10. The highest BCUT2D eigenvalue weighted by Gasteiger charge is 2.42. The van der Waals surface area contributed by atoms with E-state index in [0.29, 0.717) is 31.4 Å². The van der Waals surface area contributed by atoms with Gasteiger partial charge in [-0.15, -0.1) is 0 Å². The van der Waals surface area contributed by atoms with Crippen LogP contribution in [0.4, 0.5) is 8.78 Å². The number of methoxy groups -OCH3 is 1. The lowest BCUT2D eigenvalue weighted by Gasteiger charge is -2.29. The lowest BCUT2D eigenvalue weighted by Crippen LogP contribution is -2.41. The molecule has 0 unspecified atom stereocenters. The molecule has 3 fully saturated rings. The molecular formula is C26H39F2N3O5S. The average Bonchev–Trinajstić information content (AvgIpc) is 3.52. The molecule has 11 heteroatoms. The number of esters is 1. The van der Waals surface area contributed by atoms with Gasteiger partial charge in [-0.3, -0.25) is 4.79 Å². The van der Waals surface area contributed by atoms with Crippen molar-refractivity contribution in [2.45, 2.75) is 107 Å². The number of aromatic nitrogens is 1. The van der Waals surface area contributed by atoms with Gasteiger partial charge in [-0.05, 0) is 89.3 Å². The van der Waals surface area contributed by atoms with Crippen molar-refractivity contribution >= 4 is 16.0 Å². The van der Waals surface area contributed by atoms with Crippen molar-refractivity contribution in [2.75, 3.05) is 20.2 Å². The van der Waals surface area contributed by atoms with E-state index < -0.39 is 28.0 Å². The molecule has 3 aliphatic rings. The number of aryl methyl sites for hydroxylation is 1. The van der Waals surface area contributed by atoms with Gasteiger partial charge in [-0.1, -0.05) is 0 Å². The Labute approximate surface area is 218 Å². The number of nitrogens with one attached hydrogen (secondary N) is 1. The van der Waals surface area contributed by atoms with Gasteiger partial charge in [0.25, 0.3) is 0 Å². The van der Waals surface area contributed by atoms with Crippen molar-refractivity contribution in [3.8, 4) is 5.88 Å². The van der Waals surface area contributed by atoms with Crippen LogP contribution < -0.4 is 10.1 Å². The van der Waals surface area contributed by atoms with Gasteiger partial charge in [0.2, 0.25) is 21.8 Å². The fraction of sp³-hybridized carbons (Fsp3) is 0.769. The quantitative estimate of drug-likeness (QED) is 0.349. The second kappa shape index (κ2) is 11.9. The molecule has 8 nitrogen and oxygen atoms in total.